The summed E-state index contributed by atoms with van der Waals surface area (Å²) in [5.74, 6) is -0.475. The first-order valence-electron chi connectivity index (χ1n) is 5.57. The standard InChI is InChI=1S/C13H13NO4/c1-2-17-13(16)6-5-11(15)9-3-4-10-12(7-9)18-8-14-10/h3-8,11,15H,2H2,1H3/b6-5+. The van der Waals surface area contributed by atoms with Crippen LogP contribution in [0.4, 0.5) is 0 Å². The third kappa shape index (κ3) is 2.75. The van der Waals surface area contributed by atoms with E-state index in [0.717, 1.165) is 5.52 Å². The van der Waals surface area contributed by atoms with Crippen molar-refractivity contribution in [3.63, 3.8) is 0 Å². The summed E-state index contributed by atoms with van der Waals surface area (Å²) in [7, 11) is 0. The number of nitrogens with zero attached hydrogens (tertiary/aromatic N) is 1. The summed E-state index contributed by atoms with van der Waals surface area (Å²) in [6.07, 6.45) is 3.03. The first-order valence-corrected chi connectivity index (χ1v) is 5.57. The molecule has 1 aromatic carbocycles. The number of aliphatic hydroxyl groups is 1. The fourth-order valence-electron chi connectivity index (χ4n) is 1.53. The molecule has 0 aliphatic heterocycles. The third-order valence-electron chi connectivity index (χ3n) is 2.40. The van der Waals surface area contributed by atoms with Gasteiger partial charge in [0.05, 0.1) is 12.7 Å². The molecule has 1 atom stereocenters. The molecule has 0 saturated heterocycles. The van der Waals surface area contributed by atoms with Crippen LogP contribution in [0.1, 0.15) is 18.6 Å². The first-order chi connectivity index (χ1) is 8.70. The van der Waals surface area contributed by atoms with Crippen molar-refractivity contribution >= 4 is 17.1 Å². The summed E-state index contributed by atoms with van der Waals surface area (Å²) < 4.78 is 9.86. The van der Waals surface area contributed by atoms with Crippen molar-refractivity contribution in [1.29, 1.82) is 0 Å². The van der Waals surface area contributed by atoms with E-state index in [9.17, 15) is 9.90 Å². The van der Waals surface area contributed by atoms with E-state index in [4.69, 9.17) is 9.15 Å². The highest BCUT2D eigenvalue weighted by Crippen LogP contribution is 2.20. The van der Waals surface area contributed by atoms with Gasteiger partial charge in [-0.2, -0.15) is 0 Å². The minimum absolute atomic E-state index is 0.309. The number of aliphatic hydroxyl groups excluding tert-OH is 1. The molecule has 5 nitrogen and oxygen atoms in total. The van der Waals surface area contributed by atoms with Gasteiger partial charge < -0.3 is 14.3 Å². The van der Waals surface area contributed by atoms with E-state index in [1.807, 2.05) is 0 Å². The van der Waals surface area contributed by atoms with Crippen LogP contribution < -0.4 is 0 Å². The molecule has 0 amide bonds. The number of ether oxygens (including phenoxy) is 1. The normalized spacial score (nSPS) is 13.0. The van der Waals surface area contributed by atoms with Gasteiger partial charge in [-0.3, -0.25) is 0 Å². The van der Waals surface area contributed by atoms with Gasteiger partial charge in [-0.05, 0) is 30.7 Å². The van der Waals surface area contributed by atoms with E-state index >= 15 is 0 Å². The number of benzene rings is 1. The van der Waals surface area contributed by atoms with E-state index in [2.05, 4.69) is 4.98 Å². The molecule has 0 fully saturated rings. The van der Waals surface area contributed by atoms with Crippen molar-refractivity contribution in [2.24, 2.45) is 0 Å². The molecule has 0 spiro atoms. The van der Waals surface area contributed by atoms with Crippen LogP contribution >= 0.6 is 0 Å². The molecular weight excluding hydrogens is 234 g/mol. The zero-order valence-corrected chi connectivity index (χ0v) is 9.87. The number of oxazole rings is 1. The van der Waals surface area contributed by atoms with Crippen LogP contribution in [0.2, 0.25) is 0 Å². The van der Waals surface area contributed by atoms with Crippen molar-refractivity contribution in [3.8, 4) is 0 Å². The molecule has 1 N–H and O–H groups in total. The summed E-state index contributed by atoms with van der Waals surface area (Å²) in [5.41, 5.74) is 1.94. The molecule has 1 unspecified atom stereocenters. The van der Waals surface area contributed by atoms with Gasteiger partial charge in [-0.15, -0.1) is 0 Å². The first kappa shape index (κ1) is 12.3. The monoisotopic (exact) mass is 247 g/mol. The molecule has 94 valence electrons. The van der Waals surface area contributed by atoms with Crippen LogP contribution in [0.5, 0.6) is 0 Å². The second-order valence-electron chi connectivity index (χ2n) is 3.64. The highest BCUT2D eigenvalue weighted by molar-refractivity contribution is 5.82. The molecule has 0 bridgehead atoms. The Labute approximate surface area is 104 Å². The quantitative estimate of drug-likeness (QED) is 0.660. The fourth-order valence-corrected chi connectivity index (χ4v) is 1.53. The average molecular weight is 247 g/mol. The lowest BCUT2D eigenvalue weighted by Crippen LogP contribution is -2.01. The maximum absolute atomic E-state index is 11.1. The van der Waals surface area contributed by atoms with E-state index < -0.39 is 12.1 Å². The van der Waals surface area contributed by atoms with Crippen molar-refractivity contribution in [2.45, 2.75) is 13.0 Å². The molecule has 5 heteroatoms. The minimum atomic E-state index is -0.885. The van der Waals surface area contributed by atoms with E-state index in [1.165, 1.54) is 18.5 Å². The van der Waals surface area contributed by atoms with Crippen LogP contribution in [0.3, 0.4) is 0 Å². The van der Waals surface area contributed by atoms with Gasteiger partial charge in [0.25, 0.3) is 0 Å². The van der Waals surface area contributed by atoms with Crippen LogP contribution in [0, 0.1) is 0 Å². The van der Waals surface area contributed by atoms with Gasteiger partial charge in [0.15, 0.2) is 12.0 Å². The van der Waals surface area contributed by atoms with E-state index in [-0.39, 0.29) is 0 Å². The van der Waals surface area contributed by atoms with Crippen LogP contribution in [-0.4, -0.2) is 22.7 Å². The molecule has 1 heterocycles. The Balaban J connectivity index is 2.12. The molecule has 1 aromatic heterocycles. The second-order valence-corrected chi connectivity index (χ2v) is 3.64. The van der Waals surface area contributed by atoms with Crippen molar-refractivity contribution in [2.75, 3.05) is 6.61 Å². The summed E-state index contributed by atoms with van der Waals surface area (Å²) in [5, 5.41) is 9.88. The molecule has 2 rings (SSSR count). The number of fused-ring (bicyclic) bond motifs is 1. The topological polar surface area (TPSA) is 72.6 Å². The predicted molar refractivity (Wildman–Crippen MR) is 64.7 cm³/mol. The predicted octanol–water partition coefficient (Wildman–Crippen LogP) is 1.98. The fraction of sp³-hybridized carbons (Fsp3) is 0.231. The van der Waals surface area contributed by atoms with Gasteiger partial charge in [-0.1, -0.05) is 6.07 Å². The number of hydrogen-bond acceptors (Lipinski definition) is 5. The number of aromatic nitrogens is 1. The Morgan fingerprint density at radius 3 is 3.22 bits per heavy atom. The second kappa shape index (κ2) is 5.46. The summed E-state index contributed by atoms with van der Waals surface area (Å²) in [6.45, 7) is 2.03. The van der Waals surface area contributed by atoms with Crippen LogP contribution in [0.25, 0.3) is 11.1 Å². The lowest BCUT2D eigenvalue weighted by atomic mass is 10.1. The SMILES string of the molecule is CCOC(=O)/C=C/C(O)c1ccc2ncoc2c1. The Morgan fingerprint density at radius 1 is 1.61 bits per heavy atom. The lowest BCUT2D eigenvalue weighted by molar-refractivity contribution is -0.137. The number of rotatable bonds is 4. The number of carbonyl (C=O) groups is 1. The number of esters is 1. The maximum atomic E-state index is 11.1. The maximum Gasteiger partial charge on any atom is 0.330 e. The van der Waals surface area contributed by atoms with Gasteiger partial charge in [0.2, 0.25) is 0 Å². The van der Waals surface area contributed by atoms with Crippen molar-refractivity contribution in [3.05, 3.63) is 42.3 Å². The summed E-state index contributed by atoms with van der Waals surface area (Å²) in [6, 6.07) is 5.16. The summed E-state index contributed by atoms with van der Waals surface area (Å²) in [4.78, 5) is 15.1. The van der Waals surface area contributed by atoms with Crippen molar-refractivity contribution in [1.82, 2.24) is 4.98 Å². The minimum Gasteiger partial charge on any atom is -0.463 e. The van der Waals surface area contributed by atoms with Crippen molar-refractivity contribution < 1.29 is 19.1 Å². The Morgan fingerprint density at radius 2 is 2.44 bits per heavy atom. The smallest absolute Gasteiger partial charge is 0.330 e. The van der Waals surface area contributed by atoms with Gasteiger partial charge >= 0.3 is 5.97 Å². The van der Waals surface area contributed by atoms with Gasteiger partial charge in [-0.25, -0.2) is 9.78 Å². The number of carbonyl (C=O) groups excluding carboxylic acids is 1. The number of hydrogen-bond donors (Lipinski definition) is 1. The Kier molecular flexibility index (Phi) is 3.74. The third-order valence-corrected chi connectivity index (χ3v) is 2.40. The molecule has 0 aliphatic rings. The zero-order chi connectivity index (χ0) is 13.0. The molecule has 0 aliphatic carbocycles. The lowest BCUT2D eigenvalue weighted by Gasteiger charge is -2.05. The highest BCUT2D eigenvalue weighted by Gasteiger charge is 2.07. The highest BCUT2D eigenvalue weighted by atomic mass is 16.5. The average Bonchev–Trinajstić information content (AvgIpc) is 2.83. The molecule has 0 saturated carbocycles. The largest absolute Gasteiger partial charge is 0.463 e. The van der Waals surface area contributed by atoms with E-state index in [0.29, 0.717) is 17.8 Å². The van der Waals surface area contributed by atoms with Crippen LogP contribution in [0.15, 0.2) is 41.2 Å². The zero-order valence-electron chi connectivity index (χ0n) is 9.87. The Hall–Kier alpha value is -2.14. The van der Waals surface area contributed by atoms with Gasteiger partial charge in [0.1, 0.15) is 5.52 Å². The molecule has 18 heavy (non-hydrogen) atoms. The molecule has 2 aromatic rings. The van der Waals surface area contributed by atoms with Crippen LogP contribution in [-0.2, 0) is 9.53 Å². The molecule has 0 radical (unpaired) electrons. The van der Waals surface area contributed by atoms with E-state index in [1.54, 1.807) is 25.1 Å². The molecular formula is C13H13NO4. The van der Waals surface area contributed by atoms with Gasteiger partial charge in [0, 0.05) is 6.08 Å². The summed E-state index contributed by atoms with van der Waals surface area (Å²) >= 11 is 0. The Bertz CT molecular complexity index is 573.